The molecule has 0 aromatic heterocycles. The molecule has 0 saturated heterocycles. The number of benzene rings is 2. The largest absolute Gasteiger partial charge is 0.324 e. The highest BCUT2D eigenvalue weighted by Crippen LogP contribution is 2.26. The van der Waals surface area contributed by atoms with E-state index in [9.17, 15) is 13.2 Å². The molecule has 1 amide bonds. The molecule has 2 aromatic rings. The van der Waals surface area contributed by atoms with Crippen molar-refractivity contribution in [3.8, 4) is 0 Å². The molecule has 0 fully saturated rings. The molecule has 140 valence electrons. The Morgan fingerprint density at radius 1 is 1.15 bits per heavy atom. The van der Waals surface area contributed by atoms with E-state index in [0.717, 1.165) is 17.4 Å². The van der Waals surface area contributed by atoms with Crippen molar-refractivity contribution in [1.29, 1.82) is 0 Å². The van der Waals surface area contributed by atoms with Crippen LogP contribution in [0.15, 0.2) is 42.5 Å². The van der Waals surface area contributed by atoms with Crippen molar-refractivity contribution in [3.63, 3.8) is 0 Å². The van der Waals surface area contributed by atoms with Gasteiger partial charge in [-0.2, -0.15) is 0 Å². The number of rotatable bonds is 6. The van der Waals surface area contributed by atoms with E-state index in [4.69, 9.17) is 11.6 Å². The van der Waals surface area contributed by atoms with Gasteiger partial charge in [-0.25, -0.2) is 8.42 Å². The van der Waals surface area contributed by atoms with Crippen LogP contribution >= 0.6 is 11.6 Å². The second kappa shape index (κ2) is 8.10. The first-order valence-electron chi connectivity index (χ1n) is 8.26. The van der Waals surface area contributed by atoms with Crippen LogP contribution in [0, 0.1) is 13.8 Å². The molecule has 0 aliphatic heterocycles. The fourth-order valence-corrected chi connectivity index (χ4v) is 4.32. The highest BCUT2D eigenvalue weighted by atomic mass is 35.5. The summed E-state index contributed by atoms with van der Waals surface area (Å²) >= 11 is 5.95. The first kappa shape index (κ1) is 20.3. The Morgan fingerprint density at radius 3 is 2.27 bits per heavy atom. The van der Waals surface area contributed by atoms with E-state index >= 15 is 0 Å². The average molecular weight is 395 g/mol. The third-order valence-electron chi connectivity index (χ3n) is 3.88. The summed E-state index contributed by atoms with van der Waals surface area (Å²) in [6.07, 6.45) is 1.44. The SMILES string of the molecule is CC[C@@H](C(=O)Nc1cccc(Cl)c1)N(c1cc(C)cc(C)c1)S(C)(=O)=O. The molecule has 0 aliphatic rings. The number of carbonyl (C=O) groups excluding carboxylic acids is 1. The molecule has 0 bridgehead atoms. The normalized spacial score (nSPS) is 12.5. The minimum atomic E-state index is -3.66. The number of sulfonamides is 1. The summed E-state index contributed by atoms with van der Waals surface area (Å²) in [5.41, 5.74) is 2.87. The standard InChI is InChI=1S/C19H23ClN2O3S/c1-5-18(19(23)21-16-8-6-7-15(20)12-16)22(26(4,24)25)17-10-13(2)9-14(3)11-17/h6-12,18H,5H2,1-4H3,(H,21,23)/t18-/m0/s1. The fourth-order valence-electron chi connectivity index (χ4n) is 2.93. The topological polar surface area (TPSA) is 66.5 Å². The number of aryl methyl sites for hydroxylation is 2. The van der Waals surface area contributed by atoms with E-state index in [0.29, 0.717) is 22.8 Å². The Bertz CT molecular complexity index is 893. The van der Waals surface area contributed by atoms with Crippen LogP contribution in [0.1, 0.15) is 24.5 Å². The van der Waals surface area contributed by atoms with Gasteiger partial charge in [-0.05, 0) is 61.7 Å². The third-order valence-corrected chi connectivity index (χ3v) is 5.30. The molecule has 0 aliphatic carbocycles. The summed E-state index contributed by atoms with van der Waals surface area (Å²) in [4.78, 5) is 12.8. The van der Waals surface area contributed by atoms with Crippen LogP contribution in [0.25, 0.3) is 0 Å². The molecule has 1 N–H and O–H groups in total. The predicted molar refractivity (Wildman–Crippen MR) is 107 cm³/mol. The summed E-state index contributed by atoms with van der Waals surface area (Å²) in [6, 6.07) is 11.4. The van der Waals surface area contributed by atoms with Crippen LogP contribution in [-0.4, -0.2) is 26.6 Å². The molecule has 5 nitrogen and oxygen atoms in total. The van der Waals surface area contributed by atoms with Gasteiger partial charge in [0, 0.05) is 10.7 Å². The Hall–Kier alpha value is -2.05. The maximum atomic E-state index is 12.8. The zero-order valence-corrected chi connectivity index (χ0v) is 16.9. The van der Waals surface area contributed by atoms with Crippen LogP contribution in [0.4, 0.5) is 11.4 Å². The van der Waals surface area contributed by atoms with Crippen LogP contribution in [0.5, 0.6) is 0 Å². The van der Waals surface area contributed by atoms with Crippen molar-refractivity contribution in [2.45, 2.75) is 33.2 Å². The second-order valence-corrected chi connectivity index (χ2v) is 8.62. The zero-order valence-electron chi connectivity index (χ0n) is 15.3. The van der Waals surface area contributed by atoms with E-state index in [2.05, 4.69) is 5.32 Å². The van der Waals surface area contributed by atoms with Gasteiger partial charge in [0.2, 0.25) is 15.9 Å². The number of carbonyl (C=O) groups is 1. The maximum absolute atomic E-state index is 12.8. The van der Waals surface area contributed by atoms with Crippen molar-refractivity contribution in [2.75, 3.05) is 15.9 Å². The van der Waals surface area contributed by atoms with Crippen molar-refractivity contribution in [2.24, 2.45) is 0 Å². The molecule has 26 heavy (non-hydrogen) atoms. The first-order valence-corrected chi connectivity index (χ1v) is 10.5. The average Bonchev–Trinajstić information content (AvgIpc) is 2.49. The van der Waals surface area contributed by atoms with Crippen molar-refractivity contribution in [3.05, 3.63) is 58.6 Å². The molecule has 0 unspecified atom stereocenters. The van der Waals surface area contributed by atoms with Gasteiger partial charge in [0.25, 0.3) is 0 Å². The Labute approximate surface area is 160 Å². The first-order chi connectivity index (χ1) is 12.1. The third kappa shape index (κ3) is 4.99. The molecule has 7 heteroatoms. The predicted octanol–water partition coefficient (Wildman–Crippen LogP) is 4.14. The van der Waals surface area contributed by atoms with Crippen LogP contribution in [-0.2, 0) is 14.8 Å². The zero-order chi connectivity index (χ0) is 19.5. The van der Waals surface area contributed by atoms with Gasteiger partial charge in [0.15, 0.2) is 0 Å². The van der Waals surface area contributed by atoms with Gasteiger partial charge >= 0.3 is 0 Å². The lowest BCUT2D eigenvalue weighted by atomic mass is 10.1. The van der Waals surface area contributed by atoms with Crippen molar-refractivity contribution < 1.29 is 13.2 Å². The number of anilines is 2. The number of nitrogens with zero attached hydrogens (tertiary/aromatic N) is 1. The Morgan fingerprint density at radius 2 is 1.77 bits per heavy atom. The van der Waals surface area contributed by atoms with E-state index < -0.39 is 22.0 Å². The lowest BCUT2D eigenvalue weighted by Crippen LogP contribution is -2.47. The second-order valence-electron chi connectivity index (χ2n) is 6.33. The van der Waals surface area contributed by atoms with Gasteiger partial charge in [0.05, 0.1) is 11.9 Å². The number of hydrogen-bond donors (Lipinski definition) is 1. The molecule has 0 saturated carbocycles. The Balaban J connectivity index is 2.42. The molecule has 2 rings (SSSR count). The summed E-state index contributed by atoms with van der Waals surface area (Å²) in [7, 11) is -3.66. The maximum Gasteiger partial charge on any atom is 0.248 e. The minimum Gasteiger partial charge on any atom is -0.324 e. The summed E-state index contributed by atoms with van der Waals surface area (Å²) < 4.78 is 26.2. The van der Waals surface area contributed by atoms with E-state index in [1.165, 1.54) is 4.31 Å². The number of amides is 1. The lowest BCUT2D eigenvalue weighted by molar-refractivity contribution is -0.117. The molecule has 1 atom stereocenters. The monoisotopic (exact) mass is 394 g/mol. The van der Waals surface area contributed by atoms with Crippen molar-refractivity contribution >= 4 is 38.9 Å². The van der Waals surface area contributed by atoms with Gasteiger partial charge in [0.1, 0.15) is 6.04 Å². The van der Waals surface area contributed by atoms with E-state index in [1.807, 2.05) is 19.9 Å². The minimum absolute atomic E-state index is 0.326. The molecule has 0 spiro atoms. The van der Waals surface area contributed by atoms with Gasteiger partial charge < -0.3 is 5.32 Å². The van der Waals surface area contributed by atoms with Crippen molar-refractivity contribution in [1.82, 2.24) is 0 Å². The summed E-state index contributed by atoms with van der Waals surface area (Å²) in [5.74, 6) is -0.403. The number of halogens is 1. The highest BCUT2D eigenvalue weighted by Gasteiger charge is 2.31. The summed E-state index contributed by atoms with van der Waals surface area (Å²) in [6.45, 7) is 5.57. The molecular formula is C19H23ClN2O3S. The van der Waals surface area contributed by atoms with Gasteiger partial charge in [-0.1, -0.05) is 30.7 Å². The van der Waals surface area contributed by atoms with Crippen LogP contribution in [0.3, 0.4) is 0 Å². The lowest BCUT2D eigenvalue weighted by Gasteiger charge is -2.30. The van der Waals surface area contributed by atoms with Crippen LogP contribution in [0.2, 0.25) is 5.02 Å². The Kier molecular flexibility index (Phi) is 6.31. The van der Waals surface area contributed by atoms with E-state index in [-0.39, 0.29) is 0 Å². The van der Waals surface area contributed by atoms with E-state index in [1.54, 1.807) is 43.3 Å². The molecule has 0 heterocycles. The van der Waals surface area contributed by atoms with Gasteiger partial charge in [-0.3, -0.25) is 9.10 Å². The quantitative estimate of drug-likeness (QED) is 0.800. The summed E-state index contributed by atoms with van der Waals surface area (Å²) in [5, 5.41) is 3.25. The van der Waals surface area contributed by atoms with Gasteiger partial charge in [-0.15, -0.1) is 0 Å². The number of nitrogens with one attached hydrogen (secondary N) is 1. The molecule has 0 radical (unpaired) electrons. The fraction of sp³-hybridized carbons (Fsp3) is 0.316. The number of hydrogen-bond acceptors (Lipinski definition) is 3. The molecule has 2 aromatic carbocycles. The smallest absolute Gasteiger partial charge is 0.248 e. The van der Waals surface area contributed by atoms with Crippen LogP contribution < -0.4 is 9.62 Å². The molecular weight excluding hydrogens is 372 g/mol. The highest BCUT2D eigenvalue weighted by molar-refractivity contribution is 7.92.